The standard InChI is InChI=1S/C13H16N4O3/c1-8(2)17(7-12(18)20-3)13(19)9-4-5-10-11(6-9)15-16-14-10/h4-6,8H,7H2,1-3H3,(H,14,15,16). The molecule has 0 saturated heterocycles. The minimum Gasteiger partial charge on any atom is -0.468 e. The molecule has 1 aromatic heterocycles. The number of ether oxygens (including phenoxy) is 1. The number of amides is 1. The number of rotatable bonds is 4. The molecule has 1 heterocycles. The van der Waals surface area contributed by atoms with Gasteiger partial charge in [-0.2, -0.15) is 15.4 Å². The second-order valence-electron chi connectivity index (χ2n) is 4.63. The molecule has 0 aliphatic carbocycles. The van der Waals surface area contributed by atoms with Crippen LogP contribution in [-0.4, -0.2) is 51.9 Å². The molecule has 1 N–H and O–H groups in total. The molecule has 0 radical (unpaired) electrons. The predicted molar refractivity (Wildman–Crippen MR) is 72.1 cm³/mol. The summed E-state index contributed by atoms with van der Waals surface area (Å²) in [5, 5.41) is 10.4. The van der Waals surface area contributed by atoms with Crippen molar-refractivity contribution in [2.45, 2.75) is 19.9 Å². The van der Waals surface area contributed by atoms with Gasteiger partial charge in [-0.15, -0.1) is 0 Å². The van der Waals surface area contributed by atoms with Crippen molar-refractivity contribution in [2.24, 2.45) is 0 Å². The molecule has 0 unspecified atom stereocenters. The lowest BCUT2D eigenvalue weighted by Gasteiger charge is -2.25. The van der Waals surface area contributed by atoms with Gasteiger partial charge in [0.1, 0.15) is 17.6 Å². The van der Waals surface area contributed by atoms with Gasteiger partial charge in [0.15, 0.2) is 0 Å². The Morgan fingerprint density at radius 2 is 2.00 bits per heavy atom. The van der Waals surface area contributed by atoms with E-state index in [1.54, 1.807) is 18.2 Å². The van der Waals surface area contributed by atoms with Crippen LogP contribution in [0, 0.1) is 0 Å². The van der Waals surface area contributed by atoms with Crippen molar-refractivity contribution in [3.8, 4) is 0 Å². The first-order chi connectivity index (χ1) is 9.52. The molecule has 1 amide bonds. The normalized spacial score (nSPS) is 10.8. The minimum absolute atomic E-state index is 0.0795. The van der Waals surface area contributed by atoms with Crippen molar-refractivity contribution < 1.29 is 14.3 Å². The number of aromatic nitrogens is 3. The fourth-order valence-electron chi connectivity index (χ4n) is 1.83. The molecule has 106 valence electrons. The molecule has 0 fully saturated rings. The molecule has 0 spiro atoms. The summed E-state index contributed by atoms with van der Waals surface area (Å²) in [6, 6.07) is 4.91. The Hall–Kier alpha value is -2.44. The smallest absolute Gasteiger partial charge is 0.325 e. The highest BCUT2D eigenvalue weighted by atomic mass is 16.5. The Morgan fingerprint density at radius 3 is 2.65 bits per heavy atom. The molecular formula is C13H16N4O3. The quantitative estimate of drug-likeness (QED) is 0.841. The number of benzene rings is 1. The second-order valence-corrected chi connectivity index (χ2v) is 4.63. The maximum atomic E-state index is 12.5. The molecular weight excluding hydrogens is 260 g/mol. The summed E-state index contributed by atoms with van der Waals surface area (Å²) in [7, 11) is 1.30. The summed E-state index contributed by atoms with van der Waals surface area (Å²) in [6.07, 6.45) is 0. The molecule has 20 heavy (non-hydrogen) atoms. The van der Waals surface area contributed by atoms with E-state index >= 15 is 0 Å². The van der Waals surface area contributed by atoms with Gasteiger partial charge in [0.25, 0.3) is 5.91 Å². The zero-order valence-electron chi connectivity index (χ0n) is 11.6. The number of aromatic amines is 1. The van der Waals surface area contributed by atoms with Crippen LogP contribution in [0.1, 0.15) is 24.2 Å². The minimum atomic E-state index is -0.449. The molecule has 0 atom stereocenters. The summed E-state index contributed by atoms with van der Waals surface area (Å²) in [5.74, 6) is -0.690. The van der Waals surface area contributed by atoms with Crippen LogP contribution in [-0.2, 0) is 9.53 Å². The average Bonchev–Trinajstić information content (AvgIpc) is 2.90. The summed E-state index contributed by atoms with van der Waals surface area (Å²) in [4.78, 5) is 25.3. The summed E-state index contributed by atoms with van der Waals surface area (Å²) < 4.78 is 4.61. The predicted octanol–water partition coefficient (Wildman–Crippen LogP) is 0.981. The van der Waals surface area contributed by atoms with E-state index in [4.69, 9.17) is 0 Å². The van der Waals surface area contributed by atoms with E-state index < -0.39 is 5.97 Å². The maximum absolute atomic E-state index is 12.5. The van der Waals surface area contributed by atoms with Crippen LogP contribution in [0.3, 0.4) is 0 Å². The highest BCUT2D eigenvalue weighted by Crippen LogP contribution is 2.14. The second kappa shape index (κ2) is 5.68. The van der Waals surface area contributed by atoms with E-state index in [0.717, 1.165) is 0 Å². The molecule has 1 aromatic carbocycles. The van der Waals surface area contributed by atoms with Crippen LogP contribution in [0.25, 0.3) is 11.0 Å². The Balaban J connectivity index is 2.28. The lowest BCUT2D eigenvalue weighted by atomic mass is 10.1. The Kier molecular flexibility index (Phi) is 3.97. The summed E-state index contributed by atoms with van der Waals surface area (Å²) in [5.41, 5.74) is 1.76. The topological polar surface area (TPSA) is 88.2 Å². The number of nitrogens with one attached hydrogen (secondary N) is 1. The lowest BCUT2D eigenvalue weighted by molar-refractivity contribution is -0.141. The van der Waals surface area contributed by atoms with Crippen molar-refractivity contribution in [1.82, 2.24) is 20.3 Å². The first kappa shape index (κ1) is 14.0. The lowest BCUT2D eigenvalue weighted by Crippen LogP contribution is -2.41. The molecule has 2 aromatic rings. The summed E-state index contributed by atoms with van der Waals surface area (Å²) >= 11 is 0. The molecule has 0 aliphatic rings. The first-order valence-electron chi connectivity index (χ1n) is 6.21. The molecule has 0 saturated carbocycles. The summed E-state index contributed by atoms with van der Waals surface area (Å²) in [6.45, 7) is 3.61. The third kappa shape index (κ3) is 2.76. The van der Waals surface area contributed by atoms with Crippen molar-refractivity contribution in [2.75, 3.05) is 13.7 Å². The van der Waals surface area contributed by atoms with Crippen LogP contribution in [0.4, 0.5) is 0 Å². The molecule has 7 heteroatoms. The third-order valence-corrected chi connectivity index (χ3v) is 2.97. The van der Waals surface area contributed by atoms with E-state index in [0.29, 0.717) is 16.6 Å². The molecule has 0 bridgehead atoms. The number of carbonyl (C=O) groups excluding carboxylic acids is 2. The van der Waals surface area contributed by atoms with Crippen molar-refractivity contribution in [3.63, 3.8) is 0 Å². The van der Waals surface area contributed by atoms with Crippen LogP contribution in [0.15, 0.2) is 18.2 Å². The number of methoxy groups -OCH3 is 1. The van der Waals surface area contributed by atoms with Gasteiger partial charge in [0.05, 0.1) is 7.11 Å². The third-order valence-electron chi connectivity index (χ3n) is 2.97. The number of fused-ring (bicyclic) bond motifs is 1. The Morgan fingerprint density at radius 1 is 1.30 bits per heavy atom. The van der Waals surface area contributed by atoms with Gasteiger partial charge in [-0.25, -0.2) is 0 Å². The highest BCUT2D eigenvalue weighted by Gasteiger charge is 2.22. The van der Waals surface area contributed by atoms with Crippen LogP contribution >= 0.6 is 0 Å². The van der Waals surface area contributed by atoms with Crippen LogP contribution < -0.4 is 0 Å². The van der Waals surface area contributed by atoms with Crippen LogP contribution in [0.2, 0.25) is 0 Å². The van der Waals surface area contributed by atoms with Gasteiger partial charge in [-0.05, 0) is 32.0 Å². The number of nitrogens with zero attached hydrogens (tertiary/aromatic N) is 3. The van der Waals surface area contributed by atoms with E-state index in [2.05, 4.69) is 20.1 Å². The highest BCUT2D eigenvalue weighted by molar-refractivity contribution is 5.98. The van der Waals surface area contributed by atoms with Gasteiger partial charge in [0, 0.05) is 11.6 Å². The average molecular weight is 276 g/mol. The van der Waals surface area contributed by atoms with Crippen LogP contribution in [0.5, 0.6) is 0 Å². The first-order valence-corrected chi connectivity index (χ1v) is 6.21. The molecule has 0 aliphatic heterocycles. The molecule has 2 rings (SSSR count). The fourth-order valence-corrected chi connectivity index (χ4v) is 1.83. The van der Waals surface area contributed by atoms with Crippen molar-refractivity contribution >= 4 is 22.9 Å². The largest absolute Gasteiger partial charge is 0.468 e. The Bertz CT molecular complexity index is 635. The van der Waals surface area contributed by atoms with Crippen molar-refractivity contribution in [3.05, 3.63) is 23.8 Å². The van der Waals surface area contributed by atoms with Gasteiger partial charge >= 0.3 is 5.97 Å². The van der Waals surface area contributed by atoms with E-state index in [9.17, 15) is 9.59 Å². The van der Waals surface area contributed by atoms with Crippen molar-refractivity contribution in [1.29, 1.82) is 0 Å². The maximum Gasteiger partial charge on any atom is 0.325 e. The number of carbonyl (C=O) groups is 2. The number of hydrogen-bond acceptors (Lipinski definition) is 5. The number of esters is 1. The zero-order valence-corrected chi connectivity index (χ0v) is 11.6. The number of hydrogen-bond donors (Lipinski definition) is 1. The SMILES string of the molecule is COC(=O)CN(C(=O)c1ccc2n[nH]nc2c1)C(C)C. The van der Waals surface area contributed by atoms with E-state index in [-0.39, 0.29) is 18.5 Å². The van der Waals surface area contributed by atoms with Gasteiger partial charge in [-0.1, -0.05) is 0 Å². The molecule has 7 nitrogen and oxygen atoms in total. The van der Waals surface area contributed by atoms with E-state index in [1.165, 1.54) is 12.0 Å². The van der Waals surface area contributed by atoms with E-state index in [1.807, 2.05) is 13.8 Å². The van der Waals surface area contributed by atoms with Gasteiger partial charge in [0.2, 0.25) is 0 Å². The number of H-pyrrole nitrogens is 1. The monoisotopic (exact) mass is 276 g/mol. The fraction of sp³-hybridized carbons (Fsp3) is 0.385. The van der Waals surface area contributed by atoms with Gasteiger partial charge in [-0.3, -0.25) is 9.59 Å². The van der Waals surface area contributed by atoms with Gasteiger partial charge < -0.3 is 9.64 Å². The zero-order chi connectivity index (χ0) is 14.7. The Labute approximate surface area is 115 Å².